The van der Waals surface area contributed by atoms with E-state index in [1.54, 1.807) is 13.0 Å². The quantitative estimate of drug-likeness (QED) is 0.521. The number of unbranched alkanes of at least 4 members (excludes halogenated alkanes) is 1. The lowest BCUT2D eigenvalue weighted by molar-refractivity contribution is -0.141. The van der Waals surface area contributed by atoms with Crippen molar-refractivity contribution in [3.63, 3.8) is 0 Å². The van der Waals surface area contributed by atoms with E-state index >= 15 is 0 Å². The molecule has 1 aliphatic heterocycles. The van der Waals surface area contributed by atoms with Crippen molar-refractivity contribution in [1.29, 1.82) is 0 Å². The molecule has 1 N–H and O–H groups in total. The van der Waals surface area contributed by atoms with E-state index in [-0.39, 0.29) is 22.9 Å². The van der Waals surface area contributed by atoms with E-state index in [1.165, 1.54) is 23.1 Å². The van der Waals surface area contributed by atoms with Crippen LogP contribution in [0.2, 0.25) is 0 Å². The molecule has 1 unspecified atom stereocenters. The van der Waals surface area contributed by atoms with Crippen LogP contribution >= 0.6 is 0 Å². The highest BCUT2D eigenvalue weighted by Gasteiger charge is 2.43. The average Bonchev–Trinajstić information content (AvgIpc) is 3.00. The molecular weight excluding hydrogens is 454 g/mol. The number of sulfonamides is 1. The molecule has 1 atom stereocenters. The van der Waals surface area contributed by atoms with Crippen LogP contribution < -0.4 is 5.32 Å². The van der Waals surface area contributed by atoms with Crippen LogP contribution in [0.25, 0.3) is 0 Å². The van der Waals surface area contributed by atoms with Crippen molar-refractivity contribution in [2.45, 2.75) is 57.5 Å². The Morgan fingerprint density at radius 1 is 1.09 bits per heavy atom. The number of hydrogen-bond acceptors (Lipinski definition) is 5. The Balaban J connectivity index is 1.90. The van der Waals surface area contributed by atoms with Gasteiger partial charge in [0, 0.05) is 13.1 Å². The van der Waals surface area contributed by atoms with Crippen molar-refractivity contribution in [3.8, 4) is 0 Å². The topological polar surface area (TPSA) is 104 Å². The van der Waals surface area contributed by atoms with Gasteiger partial charge in [-0.3, -0.25) is 14.4 Å². The minimum atomic E-state index is -4.14. The van der Waals surface area contributed by atoms with Gasteiger partial charge in [-0.05, 0) is 37.5 Å². The highest BCUT2D eigenvalue weighted by molar-refractivity contribution is 7.90. The maximum Gasteiger partial charge on any atom is 0.269 e. The molecule has 0 saturated heterocycles. The summed E-state index contributed by atoms with van der Waals surface area (Å²) in [6.07, 6.45) is 2.07. The third-order valence-corrected chi connectivity index (χ3v) is 7.63. The normalized spacial score (nSPS) is 15.0. The number of aryl methyl sites for hydroxylation is 1. The van der Waals surface area contributed by atoms with Crippen molar-refractivity contribution in [3.05, 3.63) is 65.2 Å². The predicted molar refractivity (Wildman–Crippen MR) is 128 cm³/mol. The Hall–Kier alpha value is -3.20. The molecule has 0 fully saturated rings. The van der Waals surface area contributed by atoms with E-state index in [0.29, 0.717) is 17.3 Å². The molecule has 0 bridgehead atoms. The molecule has 3 amide bonds. The van der Waals surface area contributed by atoms with Gasteiger partial charge < -0.3 is 10.2 Å². The smallest absolute Gasteiger partial charge is 0.269 e. The zero-order valence-electron chi connectivity index (χ0n) is 19.8. The minimum absolute atomic E-state index is 0.0462. The van der Waals surface area contributed by atoms with Crippen LogP contribution in [0.1, 0.15) is 54.6 Å². The Morgan fingerprint density at radius 2 is 1.82 bits per heavy atom. The number of nitrogens with one attached hydrogen (secondary N) is 1. The molecule has 9 heteroatoms. The fourth-order valence-corrected chi connectivity index (χ4v) is 5.55. The summed E-state index contributed by atoms with van der Waals surface area (Å²) in [5.41, 5.74) is 1.86. The van der Waals surface area contributed by atoms with Crippen LogP contribution in [-0.4, -0.2) is 54.5 Å². The number of carbonyl (C=O) groups is 3. The molecule has 1 heterocycles. The second-order valence-corrected chi connectivity index (χ2v) is 10.2. The van der Waals surface area contributed by atoms with Gasteiger partial charge >= 0.3 is 0 Å². The molecule has 2 aromatic rings. The van der Waals surface area contributed by atoms with Gasteiger partial charge in [-0.1, -0.05) is 62.2 Å². The van der Waals surface area contributed by atoms with Crippen LogP contribution in [0.4, 0.5) is 0 Å². The van der Waals surface area contributed by atoms with Crippen LogP contribution in [0.15, 0.2) is 53.4 Å². The van der Waals surface area contributed by atoms with Gasteiger partial charge in [-0.2, -0.15) is 0 Å². The van der Waals surface area contributed by atoms with Crippen molar-refractivity contribution in [2.24, 2.45) is 0 Å². The van der Waals surface area contributed by atoms with Gasteiger partial charge in [-0.25, -0.2) is 12.7 Å². The minimum Gasteiger partial charge on any atom is -0.354 e. The van der Waals surface area contributed by atoms with Crippen molar-refractivity contribution < 1.29 is 22.8 Å². The van der Waals surface area contributed by atoms with E-state index in [9.17, 15) is 22.8 Å². The highest BCUT2D eigenvalue weighted by Crippen LogP contribution is 2.30. The molecule has 0 radical (unpaired) electrons. The summed E-state index contributed by atoms with van der Waals surface area (Å²) in [4.78, 5) is 40.5. The summed E-state index contributed by atoms with van der Waals surface area (Å²) in [6.45, 7) is 5.69. The SMILES string of the molecule is CCCCNC(=O)C(CC)N(Cc1cccc(C)c1)C(=O)CN1C(=O)c2ccccc2S1(=O)=O. The number of benzene rings is 2. The molecule has 3 rings (SSSR count). The molecule has 34 heavy (non-hydrogen) atoms. The number of amides is 3. The summed E-state index contributed by atoms with van der Waals surface area (Å²) in [7, 11) is -4.14. The van der Waals surface area contributed by atoms with Crippen molar-refractivity contribution in [1.82, 2.24) is 14.5 Å². The lowest BCUT2D eigenvalue weighted by Crippen LogP contribution is -2.52. The molecule has 0 aromatic heterocycles. The summed E-state index contributed by atoms with van der Waals surface area (Å²) < 4.78 is 26.5. The number of hydrogen-bond donors (Lipinski definition) is 1. The Bertz CT molecular complexity index is 1180. The zero-order valence-corrected chi connectivity index (χ0v) is 20.6. The molecule has 1 aliphatic rings. The standard InChI is InChI=1S/C25H31N3O5S/c1-4-6-14-26-24(30)21(5-2)27(16-19-11-9-10-18(3)15-19)23(29)17-28-25(31)20-12-7-8-13-22(20)34(28,32)33/h7-13,15,21H,4-6,14,16-17H2,1-3H3,(H,26,30). The molecule has 182 valence electrons. The zero-order chi connectivity index (χ0) is 24.9. The summed E-state index contributed by atoms with van der Waals surface area (Å²) in [5.74, 6) is -1.64. The molecular formula is C25H31N3O5S. The Kier molecular flexibility index (Phi) is 8.09. The fraction of sp³-hybridized carbons (Fsp3) is 0.400. The number of carbonyl (C=O) groups excluding carboxylic acids is 3. The third-order valence-electron chi connectivity index (χ3n) is 5.84. The van der Waals surface area contributed by atoms with Gasteiger partial charge in [0.2, 0.25) is 11.8 Å². The second kappa shape index (κ2) is 10.8. The fourth-order valence-electron chi connectivity index (χ4n) is 4.03. The van der Waals surface area contributed by atoms with Crippen LogP contribution in [-0.2, 0) is 26.2 Å². The Morgan fingerprint density at radius 3 is 2.47 bits per heavy atom. The molecule has 2 aromatic carbocycles. The predicted octanol–water partition coefficient (Wildman–Crippen LogP) is 2.86. The van der Waals surface area contributed by atoms with E-state index in [0.717, 1.165) is 24.0 Å². The lowest BCUT2D eigenvalue weighted by atomic mass is 10.1. The van der Waals surface area contributed by atoms with E-state index in [4.69, 9.17) is 0 Å². The molecule has 0 spiro atoms. The molecule has 0 saturated carbocycles. The van der Waals surface area contributed by atoms with Gasteiger partial charge in [0.05, 0.1) is 5.56 Å². The van der Waals surface area contributed by atoms with E-state index in [2.05, 4.69) is 5.32 Å². The number of nitrogens with zero attached hydrogens (tertiary/aromatic N) is 2. The first kappa shape index (κ1) is 25.4. The summed E-state index contributed by atoms with van der Waals surface area (Å²) >= 11 is 0. The third kappa shape index (κ3) is 5.30. The molecule has 8 nitrogen and oxygen atoms in total. The first-order chi connectivity index (χ1) is 16.2. The van der Waals surface area contributed by atoms with Crippen molar-refractivity contribution >= 4 is 27.7 Å². The first-order valence-electron chi connectivity index (χ1n) is 11.5. The molecule has 0 aliphatic carbocycles. The summed E-state index contributed by atoms with van der Waals surface area (Å²) in [6, 6.07) is 12.7. The van der Waals surface area contributed by atoms with Crippen LogP contribution in [0, 0.1) is 6.92 Å². The van der Waals surface area contributed by atoms with Gasteiger partial charge in [-0.15, -0.1) is 0 Å². The highest BCUT2D eigenvalue weighted by atomic mass is 32.2. The second-order valence-electron chi connectivity index (χ2n) is 8.39. The van der Waals surface area contributed by atoms with Crippen molar-refractivity contribution in [2.75, 3.05) is 13.1 Å². The van der Waals surface area contributed by atoms with Gasteiger partial charge in [0.1, 0.15) is 17.5 Å². The van der Waals surface area contributed by atoms with Crippen LogP contribution in [0.3, 0.4) is 0 Å². The number of fused-ring (bicyclic) bond motifs is 1. The first-order valence-corrected chi connectivity index (χ1v) is 12.9. The lowest BCUT2D eigenvalue weighted by Gasteiger charge is -2.31. The van der Waals surface area contributed by atoms with E-state index in [1.807, 2.05) is 38.1 Å². The monoisotopic (exact) mass is 485 g/mol. The van der Waals surface area contributed by atoms with E-state index < -0.39 is 34.4 Å². The van der Waals surface area contributed by atoms with Crippen LogP contribution in [0.5, 0.6) is 0 Å². The largest absolute Gasteiger partial charge is 0.354 e. The summed E-state index contributed by atoms with van der Waals surface area (Å²) in [5, 5.41) is 2.87. The Labute approximate surface area is 201 Å². The van der Waals surface area contributed by atoms with Gasteiger partial charge in [0.25, 0.3) is 15.9 Å². The number of rotatable bonds is 10. The maximum atomic E-state index is 13.5. The maximum absolute atomic E-state index is 13.5. The average molecular weight is 486 g/mol. The van der Waals surface area contributed by atoms with Gasteiger partial charge in [0.15, 0.2) is 0 Å².